The second-order valence-corrected chi connectivity index (χ2v) is 5.87. The lowest BCUT2D eigenvalue weighted by Crippen LogP contribution is -2.28. The van der Waals surface area contributed by atoms with E-state index < -0.39 is 23.9 Å². The highest BCUT2D eigenvalue weighted by Crippen LogP contribution is 2.36. The molecule has 0 radical (unpaired) electrons. The van der Waals surface area contributed by atoms with Crippen molar-refractivity contribution < 1.29 is 32.3 Å². The number of hydrogen-bond acceptors (Lipinski definition) is 6. The van der Waals surface area contributed by atoms with Crippen LogP contribution in [0.25, 0.3) is 22.6 Å². The maximum atomic E-state index is 12.9. The number of alkyl halides is 3. The zero-order chi connectivity index (χ0) is 21.9. The van der Waals surface area contributed by atoms with Crippen molar-refractivity contribution in [3.8, 4) is 22.6 Å². The minimum absolute atomic E-state index is 0.0268. The average Bonchev–Trinajstić information content (AvgIpc) is 3.19. The quantitative estimate of drug-likeness (QED) is 0.573. The Bertz CT molecular complexity index is 1100. The van der Waals surface area contributed by atoms with Crippen molar-refractivity contribution in [1.29, 1.82) is 0 Å². The molecule has 0 saturated heterocycles. The number of aromatic carboxylic acids is 1. The van der Waals surface area contributed by atoms with Gasteiger partial charge in [0, 0.05) is 24.5 Å². The minimum atomic E-state index is -4.72. The van der Waals surface area contributed by atoms with Crippen molar-refractivity contribution >= 4 is 17.8 Å². The molecule has 3 N–H and O–H groups in total. The van der Waals surface area contributed by atoms with E-state index in [4.69, 9.17) is 9.52 Å². The SMILES string of the molecule is CCNC(=O)Nc1cc(-c2nc(C(F)(F)F)co2)c(-c2ccnc(C(=O)O)c2)cn1. The van der Waals surface area contributed by atoms with Gasteiger partial charge in [0.25, 0.3) is 0 Å². The number of pyridine rings is 2. The van der Waals surface area contributed by atoms with Crippen LogP contribution < -0.4 is 10.6 Å². The molecule has 3 aromatic heterocycles. The highest BCUT2D eigenvalue weighted by atomic mass is 19.4. The summed E-state index contributed by atoms with van der Waals surface area (Å²) < 4.78 is 43.8. The van der Waals surface area contributed by atoms with E-state index in [0.29, 0.717) is 18.4 Å². The Balaban J connectivity index is 2.12. The zero-order valence-electron chi connectivity index (χ0n) is 15.3. The summed E-state index contributed by atoms with van der Waals surface area (Å²) >= 11 is 0. The first-order valence-electron chi connectivity index (χ1n) is 8.46. The van der Waals surface area contributed by atoms with Gasteiger partial charge < -0.3 is 14.8 Å². The Labute approximate surface area is 167 Å². The van der Waals surface area contributed by atoms with E-state index in [1.54, 1.807) is 6.92 Å². The number of amides is 2. The van der Waals surface area contributed by atoms with E-state index in [2.05, 4.69) is 25.6 Å². The fourth-order valence-electron chi connectivity index (χ4n) is 2.49. The summed E-state index contributed by atoms with van der Waals surface area (Å²) in [5, 5.41) is 14.1. The van der Waals surface area contributed by atoms with Gasteiger partial charge in [0.05, 0.1) is 5.56 Å². The molecule has 0 unspecified atom stereocenters. The number of anilines is 1. The van der Waals surface area contributed by atoms with Crippen LogP contribution in [-0.2, 0) is 6.18 Å². The Morgan fingerprint density at radius 1 is 1.20 bits per heavy atom. The number of carbonyl (C=O) groups excluding carboxylic acids is 1. The summed E-state index contributed by atoms with van der Waals surface area (Å²) in [6, 6.07) is 3.39. The van der Waals surface area contributed by atoms with Crippen molar-refractivity contribution in [2.45, 2.75) is 13.1 Å². The lowest BCUT2D eigenvalue weighted by Gasteiger charge is -2.11. The number of carboxylic acid groups (broad SMARTS) is 1. The number of carbonyl (C=O) groups is 2. The van der Waals surface area contributed by atoms with E-state index in [1.165, 1.54) is 30.6 Å². The molecular formula is C18H14F3N5O4. The summed E-state index contributed by atoms with van der Waals surface area (Å²) in [5.41, 5.74) is -0.904. The molecule has 0 aliphatic heterocycles. The number of rotatable bonds is 5. The first-order valence-corrected chi connectivity index (χ1v) is 8.46. The first-order chi connectivity index (χ1) is 14.2. The van der Waals surface area contributed by atoms with Crippen LogP contribution in [0.2, 0.25) is 0 Å². The highest BCUT2D eigenvalue weighted by molar-refractivity contribution is 5.91. The first kappa shape index (κ1) is 20.8. The van der Waals surface area contributed by atoms with Gasteiger partial charge in [-0.1, -0.05) is 0 Å². The number of aromatic nitrogens is 3. The highest BCUT2D eigenvalue weighted by Gasteiger charge is 2.35. The number of carboxylic acids is 1. The fourth-order valence-corrected chi connectivity index (χ4v) is 2.49. The topological polar surface area (TPSA) is 130 Å². The van der Waals surface area contributed by atoms with Crippen molar-refractivity contribution in [1.82, 2.24) is 20.3 Å². The number of urea groups is 1. The maximum Gasteiger partial charge on any atom is 0.436 e. The van der Waals surface area contributed by atoms with E-state index in [-0.39, 0.29) is 28.5 Å². The molecule has 0 spiro atoms. The molecule has 0 aliphatic rings. The Hall–Kier alpha value is -3.96. The van der Waals surface area contributed by atoms with Crippen LogP contribution in [0.1, 0.15) is 23.1 Å². The van der Waals surface area contributed by atoms with Crippen LogP contribution in [0.3, 0.4) is 0 Å². The molecule has 3 heterocycles. The number of hydrogen-bond donors (Lipinski definition) is 3. The Kier molecular flexibility index (Phi) is 5.67. The average molecular weight is 421 g/mol. The maximum absolute atomic E-state index is 12.9. The monoisotopic (exact) mass is 421 g/mol. The van der Waals surface area contributed by atoms with Crippen LogP contribution in [0.5, 0.6) is 0 Å². The van der Waals surface area contributed by atoms with Crippen molar-refractivity contribution in [3.05, 3.63) is 48.2 Å². The van der Waals surface area contributed by atoms with Crippen LogP contribution in [0, 0.1) is 0 Å². The smallest absolute Gasteiger partial charge is 0.436 e. The van der Waals surface area contributed by atoms with Gasteiger partial charge in [-0.25, -0.2) is 24.5 Å². The van der Waals surface area contributed by atoms with E-state index >= 15 is 0 Å². The van der Waals surface area contributed by atoms with Gasteiger partial charge in [0.1, 0.15) is 17.8 Å². The molecule has 12 heteroatoms. The molecule has 3 aromatic rings. The molecule has 0 saturated carbocycles. The molecular weight excluding hydrogens is 407 g/mol. The molecule has 3 rings (SSSR count). The summed E-state index contributed by atoms with van der Waals surface area (Å²) in [6.07, 6.45) is -1.76. The predicted octanol–water partition coefficient (Wildman–Crippen LogP) is 3.66. The molecule has 0 aromatic carbocycles. The van der Waals surface area contributed by atoms with Gasteiger partial charge in [0.15, 0.2) is 5.69 Å². The molecule has 0 fully saturated rings. The number of nitrogens with zero attached hydrogens (tertiary/aromatic N) is 3. The van der Waals surface area contributed by atoms with E-state index in [9.17, 15) is 22.8 Å². The lowest BCUT2D eigenvalue weighted by molar-refractivity contribution is -0.141. The second kappa shape index (κ2) is 8.19. The van der Waals surface area contributed by atoms with Crippen molar-refractivity contribution in [2.75, 3.05) is 11.9 Å². The largest absolute Gasteiger partial charge is 0.477 e. The molecule has 30 heavy (non-hydrogen) atoms. The normalized spacial score (nSPS) is 11.2. The Morgan fingerprint density at radius 3 is 2.60 bits per heavy atom. The zero-order valence-corrected chi connectivity index (χ0v) is 15.3. The standard InChI is InChI=1S/C18H14F3N5O4/c1-2-22-17(29)26-14-6-10(15-25-13(8-30-15)18(19,20)21)11(7-24-14)9-3-4-23-12(5-9)16(27)28/h3-8H,2H2,1H3,(H,27,28)(H2,22,24,26,29). The summed E-state index contributed by atoms with van der Waals surface area (Å²) in [4.78, 5) is 34.2. The van der Waals surface area contributed by atoms with E-state index in [0.717, 1.165) is 0 Å². The third kappa shape index (κ3) is 4.54. The third-order valence-corrected chi connectivity index (χ3v) is 3.80. The summed E-state index contributed by atoms with van der Waals surface area (Å²) in [7, 11) is 0. The number of nitrogens with one attached hydrogen (secondary N) is 2. The van der Waals surface area contributed by atoms with Crippen LogP contribution in [-0.4, -0.2) is 38.6 Å². The van der Waals surface area contributed by atoms with Gasteiger partial charge in [0.2, 0.25) is 5.89 Å². The number of halogens is 3. The molecule has 156 valence electrons. The molecule has 0 aliphatic carbocycles. The second-order valence-electron chi connectivity index (χ2n) is 5.87. The van der Waals surface area contributed by atoms with Crippen LogP contribution in [0.15, 0.2) is 41.3 Å². The van der Waals surface area contributed by atoms with Crippen LogP contribution >= 0.6 is 0 Å². The summed E-state index contributed by atoms with van der Waals surface area (Å²) in [5.74, 6) is -1.64. The lowest BCUT2D eigenvalue weighted by atomic mass is 10.0. The van der Waals surface area contributed by atoms with Gasteiger partial charge >= 0.3 is 18.2 Å². The Morgan fingerprint density at radius 2 is 1.97 bits per heavy atom. The van der Waals surface area contributed by atoms with Crippen molar-refractivity contribution in [3.63, 3.8) is 0 Å². The van der Waals surface area contributed by atoms with Gasteiger partial charge in [-0.05, 0) is 30.7 Å². The minimum Gasteiger partial charge on any atom is -0.477 e. The van der Waals surface area contributed by atoms with Crippen LogP contribution in [0.4, 0.5) is 23.8 Å². The molecule has 0 atom stereocenters. The fraction of sp³-hybridized carbons (Fsp3) is 0.167. The predicted molar refractivity (Wildman–Crippen MR) is 97.6 cm³/mol. The van der Waals surface area contributed by atoms with Gasteiger partial charge in [-0.15, -0.1) is 0 Å². The molecule has 0 bridgehead atoms. The molecule has 9 nitrogen and oxygen atoms in total. The van der Waals surface area contributed by atoms with Gasteiger partial charge in [-0.2, -0.15) is 13.2 Å². The van der Waals surface area contributed by atoms with E-state index in [1.807, 2.05) is 0 Å². The van der Waals surface area contributed by atoms with Crippen molar-refractivity contribution in [2.24, 2.45) is 0 Å². The number of oxazole rings is 1. The summed E-state index contributed by atoms with van der Waals surface area (Å²) in [6.45, 7) is 2.05. The van der Waals surface area contributed by atoms with Gasteiger partial charge in [-0.3, -0.25) is 5.32 Å². The third-order valence-electron chi connectivity index (χ3n) is 3.80. The molecule has 2 amide bonds.